The van der Waals surface area contributed by atoms with E-state index in [2.05, 4.69) is 34.5 Å². The topological polar surface area (TPSA) is 92.5 Å². The molecule has 0 unspecified atom stereocenters. The van der Waals surface area contributed by atoms with E-state index in [0.717, 1.165) is 76.6 Å². The van der Waals surface area contributed by atoms with Crippen LogP contribution in [0.1, 0.15) is 25.7 Å². The number of piperazine rings is 1. The largest absolute Gasteiger partial charge is 0.466 e. The maximum atomic E-state index is 12.9. The van der Waals surface area contributed by atoms with Crippen LogP contribution < -0.4 is 14.5 Å². The minimum atomic E-state index is -0.0155. The highest BCUT2D eigenvalue weighted by Gasteiger charge is 2.27. The Bertz CT molecular complexity index is 1050. The standard InChI is InChI=1S/C25H32N8O2/c34-25(33-12-4-2-5-21(33)9-13-30-14-11-26-20-30)19-35-24-8-7-23(28-29-24)32-17-15-31(16-18-32)22-6-1-3-10-27-22/h1,3,6-8,10-11,14,20-21H,2,4-5,9,12-13,15-19H2/t21-/m0/s1. The molecule has 35 heavy (non-hydrogen) atoms. The first-order valence-corrected chi connectivity index (χ1v) is 12.4. The van der Waals surface area contributed by atoms with Crippen molar-refractivity contribution in [2.75, 3.05) is 49.1 Å². The van der Waals surface area contributed by atoms with Gasteiger partial charge >= 0.3 is 0 Å². The first-order valence-electron chi connectivity index (χ1n) is 12.4. The zero-order valence-corrected chi connectivity index (χ0v) is 19.9. The molecular formula is C25H32N8O2. The Hall–Kier alpha value is -3.69. The van der Waals surface area contributed by atoms with Crippen LogP contribution in [0.4, 0.5) is 11.6 Å². The summed E-state index contributed by atoms with van der Waals surface area (Å²) in [5, 5.41) is 8.56. The number of carbonyl (C=O) groups is 1. The van der Waals surface area contributed by atoms with Crippen molar-refractivity contribution >= 4 is 17.5 Å². The third kappa shape index (κ3) is 5.87. The summed E-state index contributed by atoms with van der Waals surface area (Å²) >= 11 is 0. The summed E-state index contributed by atoms with van der Waals surface area (Å²) in [6, 6.07) is 9.93. The summed E-state index contributed by atoms with van der Waals surface area (Å²) in [5.41, 5.74) is 0. The van der Waals surface area contributed by atoms with Crippen LogP contribution in [0.15, 0.2) is 55.2 Å². The maximum absolute atomic E-state index is 12.9. The third-order valence-corrected chi connectivity index (χ3v) is 6.77. The second-order valence-corrected chi connectivity index (χ2v) is 9.01. The van der Waals surface area contributed by atoms with E-state index >= 15 is 0 Å². The molecule has 184 valence electrons. The van der Waals surface area contributed by atoms with Gasteiger partial charge < -0.3 is 24.0 Å². The molecule has 2 aliphatic rings. The molecule has 5 rings (SSSR count). The highest BCUT2D eigenvalue weighted by molar-refractivity contribution is 5.78. The molecule has 0 saturated carbocycles. The van der Waals surface area contributed by atoms with Gasteiger partial charge in [-0.1, -0.05) is 6.07 Å². The van der Waals surface area contributed by atoms with E-state index in [9.17, 15) is 4.79 Å². The molecule has 0 N–H and O–H groups in total. The molecule has 1 amide bonds. The van der Waals surface area contributed by atoms with E-state index in [1.807, 2.05) is 47.9 Å². The van der Waals surface area contributed by atoms with E-state index in [1.165, 1.54) is 0 Å². The summed E-state index contributed by atoms with van der Waals surface area (Å²) in [4.78, 5) is 27.9. The van der Waals surface area contributed by atoms with Crippen LogP contribution in [0, 0.1) is 0 Å². The Labute approximate surface area is 205 Å². The van der Waals surface area contributed by atoms with Crippen molar-refractivity contribution in [3.8, 4) is 5.88 Å². The zero-order valence-electron chi connectivity index (χ0n) is 19.9. The van der Waals surface area contributed by atoms with Crippen molar-refractivity contribution < 1.29 is 9.53 Å². The van der Waals surface area contributed by atoms with Crippen molar-refractivity contribution in [1.29, 1.82) is 0 Å². The molecule has 2 saturated heterocycles. The minimum Gasteiger partial charge on any atom is -0.466 e. The molecule has 0 aromatic carbocycles. The van der Waals surface area contributed by atoms with Crippen LogP contribution in [-0.4, -0.2) is 80.9 Å². The number of anilines is 2. The van der Waals surface area contributed by atoms with Gasteiger partial charge in [-0.2, -0.15) is 0 Å². The summed E-state index contributed by atoms with van der Waals surface area (Å²) in [5.74, 6) is 2.21. The Morgan fingerprint density at radius 2 is 1.80 bits per heavy atom. The molecule has 10 nitrogen and oxygen atoms in total. The van der Waals surface area contributed by atoms with Gasteiger partial charge in [0.2, 0.25) is 5.88 Å². The number of imidazole rings is 1. The van der Waals surface area contributed by atoms with E-state index in [-0.39, 0.29) is 18.6 Å². The Balaban J connectivity index is 1.10. The van der Waals surface area contributed by atoms with Crippen molar-refractivity contribution in [2.45, 2.75) is 38.3 Å². The molecule has 3 aromatic rings. The van der Waals surface area contributed by atoms with E-state index in [1.54, 1.807) is 12.3 Å². The molecular weight excluding hydrogens is 444 g/mol. The van der Waals surface area contributed by atoms with Gasteiger partial charge in [0.15, 0.2) is 12.4 Å². The lowest BCUT2D eigenvalue weighted by Crippen LogP contribution is -2.47. The van der Waals surface area contributed by atoms with Crippen molar-refractivity contribution in [1.82, 2.24) is 29.6 Å². The first kappa shape index (κ1) is 23.1. The lowest BCUT2D eigenvalue weighted by atomic mass is 9.99. The minimum absolute atomic E-state index is 0.0110. The number of ether oxygens (including phenoxy) is 1. The smallest absolute Gasteiger partial charge is 0.260 e. The van der Waals surface area contributed by atoms with Gasteiger partial charge in [0.1, 0.15) is 5.82 Å². The predicted octanol–water partition coefficient (Wildman–Crippen LogP) is 2.24. The second-order valence-electron chi connectivity index (χ2n) is 9.01. The second kappa shape index (κ2) is 11.2. The molecule has 3 aromatic heterocycles. The van der Waals surface area contributed by atoms with Gasteiger partial charge in [0.05, 0.1) is 6.33 Å². The quantitative estimate of drug-likeness (QED) is 0.489. The number of carbonyl (C=O) groups excluding carboxylic acids is 1. The molecule has 1 atom stereocenters. The van der Waals surface area contributed by atoms with Gasteiger partial charge in [-0.15, -0.1) is 10.2 Å². The number of hydrogen-bond acceptors (Lipinski definition) is 8. The van der Waals surface area contributed by atoms with Gasteiger partial charge in [0, 0.05) is 70.0 Å². The highest BCUT2D eigenvalue weighted by Crippen LogP contribution is 2.21. The van der Waals surface area contributed by atoms with Crippen LogP contribution in [0.25, 0.3) is 0 Å². The van der Waals surface area contributed by atoms with Gasteiger partial charge in [-0.05, 0) is 43.9 Å². The van der Waals surface area contributed by atoms with E-state index in [0.29, 0.717) is 5.88 Å². The number of amides is 1. The van der Waals surface area contributed by atoms with Gasteiger partial charge in [-0.3, -0.25) is 4.79 Å². The van der Waals surface area contributed by atoms with Crippen LogP contribution in [0.2, 0.25) is 0 Å². The van der Waals surface area contributed by atoms with Gasteiger partial charge in [0.25, 0.3) is 5.91 Å². The average molecular weight is 477 g/mol. The van der Waals surface area contributed by atoms with Crippen molar-refractivity contribution in [3.63, 3.8) is 0 Å². The van der Waals surface area contributed by atoms with Gasteiger partial charge in [-0.25, -0.2) is 9.97 Å². The molecule has 0 radical (unpaired) electrons. The van der Waals surface area contributed by atoms with Crippen LogP contribution >= 0.6 is 0 Å². The number of rotatable bonds is 8. The Kier molecular flexibility index (Phi) is 7.35. The number of piperidine rings is 1. The number of aromatic nitrogens is 5. The monoisotopic (exact) mass is 476 g/mol. The van der Waals surface area contributed by atoms with Crippen LogP contribution in [0.5, 0.6) is 5.88 Å². The summed E-state index contributed by atoms with van der Waals surface area (Å²) < 4.78 is 7.78. The van der Waals surface area contributed by atoms with Crippen LogP contribution in [0.3, 0.4) is 0 Å². The maximum Gasteiger partial charge on any atom is 0.260 e. The molecule has 2 aliphatic heterocycles. The number of hydrogen-bond donors (Lipinski definition) is 0. The average Bonchev–Trinajstić information content (AvgIpc) is 3.45. The lowest BCUT2D eigenvalue weighted by Gasteiger charge is -2.36. The molecule has 5 heterocycles. The zero-order chi connectivity index (χ0) is 23.9. The number of likely N-dealkylation sites (tertiary alicyclic amines) is 1. The fourth-order valence-corrected chi connectivity index (χ4v) is 4.83. The molecule has 10 heteroatoms. The van der Waals surface area contributed by atoms with Crippen molar-refractivity contribution in [3.05, 3.63) is 55.2 Å². The van der Waals surface area contributed by atoms with E-state index in [4.69, 9.17) is 4.74 Å². The number of pyridine rings is 1. The number of aryl methyl sites for hydroxylation is 1. The lowest BCUT2D eigenvalue weighted by molar-refractivity contribution is -0.137. The molecule has 0 bridgehead atoms. The third-order valence-electron chi connectivity index (χ3n) is 6.77. The summed E-state index contributed by atoms with van der Waals surface area (Å²) in [6.07, 6.45) is 11.5. The fourth-order valence-electron chi connectivity index (χ4n) is 4.83. The SMILES string of the molecule is O=C(COc1ccc(N2CCN(c3ccccn3)CC2)nn1)N1CCCC[C@H]1CCn1ccnc1. The molecule has 0 spiro atoms. The summed E-state index contributed by atoms with van der Waals surface area (Å²) in [7, 11) is 0. The Morgan fingerprint density at radius 1 is 0.943 bits per heavy atom. The fraction of sp³-hybridized carbons (Fsp3) is 0.480. The van der Waals surface area contributed by atoms with Crippen LogP contribution in [-0.2, 0) is 11.3 Å². The van der Waals surface area contributed by atoms with E-state index < -0.39 is 0 Å². The normalized spacial score (nSPS) is 18.5. The predicted molar refractivity (Wildman–Crippen MR) is 132 cm³/mol. The highest BCUT2D eigenvalue weighted by atomic mass is 16.5. The summed E-state index contributed by atoms with van der Waals surface area (Å²) in [6.45, 7) is 5.08. The number of nitrogens with zero attached hydrogens (tertiary/aromatic N) is 8. The Morgan fingerprint density at radius 3 is 2.51 bits per heavy atom. The van der Waals surface area contributed by atoms with Crippen molar-refractivity contribution in [2.24, 2.45) is 0 Å². The molecule has 0 aliphatic carbocycles. The first-order chi connectivity index (χ1) is 17.3. The molecule has 2 fully saturated rings.